The molecule has 3 heteroatoms. The van der Waals surface area contributed by atoms with Gasteiger partial charge in [0.25, 0.3) is 0 Å². The summed E-state index contributed by atoms with van der Waals surface area (Å²) in [5.74, 6) is 0. The lowest BCUT2D eigenvalue weighted by Crippen LogP contribution is -1.77. The number of hydrogen-bond acceptors (Lipinski definition) is 2. The second kappa shape index (κ2) is 6.80. The van der Waals surface area contributed by atoms with Crippen LogP contribution in [-0.2, 0) is 0 Å². The Labute approximate surface area is 78.4 Å². The highest BCUT2D eigenvalue weighted by molar-refractivity contribution is 6.29. The van der Waals surface area contributed by atoms with Gasteiger partial charge in [0.2, 0.25) is 0 Å². The number of halogens is 1. The number of hydrogen-bond donors (Lipinski definition) is 0. The van der Waals surface area contributed by atoms with E-state index in [9.17, 15) is 0 Å². The van der Waals surface area contributed by atoms with E-state index >= 15 is 0 Å². The molecule has 12 heavy (non-hydrogen) atoms. The standard InChI is InChI=1S/C9H13ClN2/c1-8(6-7-11-2)4-5-9(10)12-3/h4-5,7H,3,6H2,1-2H3/b8-4+,9-5-,11-7+. The van der Waals surface area contributed by atoms with Crippen molar-refractivity contribution in [3.63, 3.8) is 0 Å². The Hall–Kier alpha value is -0.890. The van der Waals surface area contributed by atoms with E-state index in [0.29, 0.717) is 5.16 Å². The largest absolute Gasteiger partial charge is 0.301 e. The minimum atomic E-state index is 0.405. The van der Waals surface area contributed by atoms with Gasteiger partial charge in [0.1, 0.15) is 5.16 Å². The van der Waals surface area contributed by atoms with Crippen molar-refractivity contribution in [1.82, 2.24) is 0 Å². The number of rotatable bonds is 4. The van der Waals surface area contributed by atoms with E-state index in [4.69, 9.17) is 11.6 Å². The molecule has 66 valence electrons. The van der Waals surface area contributed by atoms with Crippen LogP contribution < -0.4 is 0 Å². The SMILES string of the molecule is C=N/C(Cl)=C\C=C(/C)C/C=N/C. The summed E-state index contributed by atoms with van der Waals surface area (Å²) in [6.45, 7) is 5.30. The Kier molecular flexibility index (Phi) is 6.29. The van der Waals surface area contributed by atoms with Crippen molar-refractivity contribution < 1.29 is 0 Å². The van der Waals surface area contributed by atoms with Crippen LogP contribution in [0.2, 0.25) is 0 Å². The fraction of sp³-hybridized carbons (Fsp3) is 0.333. The van der Waals surface area contributed by atoms with Crippen molar-refractivity contribution >= 4 is 24.5 Å². The molecule has 0 spiro atoms. The number of allylic oxidation sites excluding steroid dienone is 3. The molecule has 0 aliphatic rings. The predicted molar refractivity (Wildman–Crippen MR) is 56.3 cm³/mol. The molecule has 0 saturated carbocycles. The summed E-state index contributed by atoms with van der Waals surface area (Å²) in [7, 11) is 1.75. The van der Waals surface area contributed by atoms with E-state index in [0.717, 1.165) is 6.42 Å². The first-order valence-electron chi connectivity index (χ1n) is 3.61. The van der Waals surface area contributed by atoms with Gasteiger partial charge in [-0.1, -0.05) is 23.3 Å². The van der Waals surface area contributed by atoms with Gasteiger partial charge in [-0.3, -0.25) is 4.99 Å². The van der Waals surface area contributed by atoms with E-state index in [2.05, 4.69) is 16.7 Å². The molecule has 0 atom stereocenters. The quantitative estimate of drug-likeness (QED) is 0.365. The van der Waals surface area contributed by atoms with Crippen LogP contribution in [0.1, 0.15) is 13.3 Å². The summed E-state index contributed by atoms with van der Waals surface area (Å²) in [5, 5.41) is 0.405. The van der Waals surface area contributed by atoms with Crippen molar-refractivity contribution in [2.24, 2.45) is 9.98 Å². The Balaban J connectivity index is 4.08. The molecule has 0 aliphatic carbocycles. The smallest absolute Gasteiger partial charge is 0.128 e. The van der Waals surface area contributed by atoms with Crippen LogP contribution in [0.4, 0.5) is 0 Å². The monoisotopic (exact) mass is 184 g/mol. The summed E-state index contributed by atoms with van der Waals surface area (Å²) in [6, 6.07) is 0. The molecular weight excluding hydrogens is 172 g/mol. The molecule has 0 saturated heterocycles. The maximum atomic E-state index is 5.60. The zero-order valence-corrected chi connectivity index (χ0v) is 8.17. The highest BCUT2D eigenvalue weighted by Gasteiger charge is 1.84. The summed E-state index contributed by atoms with van der Waals surface area (Å²) in [6.07, 6.45) is 6.30. The maximum Gasteiger partial charge on any atom is 0.128 e. The molecule has 0 bridgehead atoms. The highest BCUT2D eigenvalue weighted by atomic mass is 35.5. The van der Waals surface area contributed by atoms with Crippen molar-refractivity contribution in [1.29, 1.82) is 0 Å². The lowest BCUT2D eigenvalue weighted by Gasteiger charge is -1.91. The fourth-order valence-corrected chi connectivity index (χ4v) is 0.630. The molecule has 0 amide bonds. The van der Waals surface area contributed by atoms with Gasteiger partial charge in [-0.25, -0.2) is 0 Å². The third kappa shape index (κ3) is 5.86. The van der Waals surface area contributed by atoms with Crippen LogP contribution in [0.5, 0.6) is 0 Å². The zero-order chi connectivity index (χ0) is 9.40. The third-order valence-electron chi connectivity index (χ3n) is 1.25. The molecule has 0 heterocycles. The maximum absolute atomic E-state index is 5.60. The summed E-state index contributed by atoms with van der Waals surface area (Å²) in [5.41, 5.74) is 1.18. The van der Waals surface area contributed by atoms with Gasteiger partial charge in [-0.2, -0.15) is 0 Å². The lowest BCUT2D eigenvalue weighted by molar-refractivity contribution is 1.26. The van der Waals surface area contributed by atoms with Crippen LogP contribution in [0.25, 0.3) is 0 Å². The molecule has 0 rings (SSSR count). The van der Waals surface area contributed by atoms with Crippen molar-refractivity contribution in [2.75, 3.05) is 7.05 Å². The molecule has 0 aromatic heterocycles. The average molecular weight is 185 g/mol. The van der Waals surface area contributed by atoms with E-state index in [1.54, 1.807) is 13.1 Å². The van der Waals surface area contributed by atoms with Gasteiger partial charge in [0.15, 0.2) is 0 Å². The summed E-state index contributed by atoms with van der Waals surface area (Å²) >= 11 is 5.60. The second-order valence-electron chi connectivity index (χ2n) is 2.31. The predicted octanol–water partition coefficient (Wildman–Crippen LogP) is 2.80. The first kappa shape index (κ1) is 11.1. The first-order valence-corrected chi connectivity index (χ1v) is 3.98. The Morgan fingerprint density at radius 2 is 2.17 bits per heavy atom. The Morgan fingerprint density at radius 1 is 1.50 bits per heavy atom. The van der Waals surface area contributed by atoms with Gasteiger partial charge < -0.3 is 4.99 Å². The van der Waals surface area contributed by atoms with E-state index in [1.807, 2.05) is 19.2 Å². The van der Waals surface area contributed by atoms with Crippen LogP contribution >= 0.6 is 11.6 Å². The van der Waals surface area contributed by atoms with E-state index in [-0.39, 0.29) is 0 Å². The Morgan fingerprint density at radius 3 is 2.67 bits per heavy atom. The molecule has 0 aromatic carbocycles. The third-order valence-corrected chi connectivity index (χ3v) is 1.50. The molecule has 2 nitrogen and oxygen atoms in total. The second-order valence-corrected chi connectivity index (χ2v) is 2.69. The zero-order valence-electron chi connectivity index (χ0n) is 7.42. The topological polar surface area (TPSA) is 24.7 Å². The highest BCUT2D eigenvalue weighted by Crippen LogP contribution is 2.04. The van der Waals surface area contributed by atoms with Gasteiger partial charge >= 0.3 is 0 Å². The molecule has 0 aliphatic heterocycles. The summed E-state index contributed by atoms with van der Waals surface area (Å²) < 4.78 is 0. The Bertz CT molecular complexity index is 227. The molecule has 0 unspecified atom stereocenters. The molecular formula is C9H13ClN2. The molecule has 0 aromatic rings. The molecule has 0 N–H and O–H groups in total. The molecule has 0 radical (unpaired) electrons. The van der Waals surface area contributed by atoms with Gasteiger partial charge in [0, 0.05) is 19.7 Å². The normalized spacial score (nSPS) is 13.9. The fourth-order valence-electron chi connectivity index (χ4n) is 0.567. The first-order chi connectivity index (χ1) is 5.70. The number of aliphatic imine (C=N–C) groups is 2. The van der Waals surface area contributed by atoms with Crippen molar-refractivity contribution in [3.8, 4) is 0 Å². The van der Waals surface area contributed by atoms with E-state index < -0.39 is 0 Å². The lowest BCUT2D eigenvalue weighted by atomic mass is 10.2. The minimum Gasteiger partial charge on any atom is -0.301 e. The van der Waals surface area contributed by atoms with Gasteiger partial charge in [-0.15, -0.1) is 0 Å². The van der Waals surface area contributed by atoms with Gasteiger partial charge in [0.05, 0.1) is 0 Å². The van der Waals surface area contributed by atoms with E-state index in [1.165, 1.54) is 5.57 Å². The van der Waals surface area contributed by atoms with Crippen molar-refractivity contribution in [3.05, 3.63) is 22.9 Å². The minimum absolute atomic E-state index is 0.405. The van der Waals surface area contributed by atoms with Crippen LogP contribution in [0.3, 0.4) is 0 Å². The van der Waals surface area contributed by atoms with Crippen molar-refractivity contribution in [2.45, 2.75) is 13.3 Å². The van der Waals surface area contributed by atoms with Gasteiger partial charge in [-0.05, 0) is 19.7 Å². The van der Waals surface area contributed by atoms with Crippen LogP contribution in [0.15, 0.2) is 32.9 Å². The van der Waals surface area contributed by atoms with Crippen LogP contribution in [-0.4, -0.2) is 20.0 Å². The number of nitrogens with zero attached hydrogens (tertiary/aromatic N) is 2. The average Bonchev–Trinajstić information content (AvgIpc) is 2.10. The molecule has 0 fully saturated rings. The van der Waals surface area contributed by atoms with Crippen LogP contribution in [0, 0.1) is 0 Å². The summed E-state index contributed by atoms with van der Waals surface area (Å²) in [4.78, 5) is 7.41.